The summed E-state index contributed by atoms with van der Waals surface area (Å²) in [6.07, 6.45) is -3.49. The molecule has 0 saturated carbocycles. The number of hydrogen-bond donors (Lipinski definition) is 6. The fourth-order valence-corrected chi connectivity index (χ4v) is 12.5. The van der Waals surface area contributed by atoms with Gasteiger partial charge in [-0.25, -0.2) is 14.6 Å². The molecular formula is C63H88N12O17. The number of hydrogen-bond acceptors (Lipinski definition) is 19. The van der Waals surface area contributed by atoms with Crippen LogP contribution in [0.3, 0.4) is 0 Å². The number of aliphatic hydroxyl groups is 1. The van der Waals surface area contributed by atoms with Gasteiger partial charge >= 0.3 is 11.9 Å². The largest absolute Gasteiger partial charge is 0.458 e. The predicted molar refractivity (Wildman–Crippen MR) is 331 cm³/mol. The monoisotopic (exact) mass is 1280 g/mol. The number of aryl methyl sites for hydroxylation is 1. The molecule has 1 aliphatic carbocycles. The summed E-state index contributed by atoms with van der Waals surface area (Å²) >= 11 is 0. The van der Waals surface area contributed by atoms with Crippen LogP contribution in [0.4, 0.5) is 5.69 Å². The Kier molecular flexibility index (Phi) is 21.8. The zero-order chi connectivity index (χ0) is 68.6. The minimum Gasteiger partial charge on any atom is -0.458 e. The van der Waals surface area contributed by atoms with Gasteiger partial charge in [0, 0.05) is 53.3 Å². The molecule has 5 heterocycles. The van der Waals surface area contributed by atoms with Gasteiger partial charge in [-0.2, -0.15) is 0 Å². The minimum atomic E-state index is -1.94. The van der Waals surface area contributed by atoms with Gasteiger partial charge in [0.05, 0.1) is 36.0 Å². The van der Waals surface area contributed by atoms with Crippen molar-refractivity contribution in [3.05, 3.63) is 44.6 Å². The number of esters is 2. The SMILES string of the molecule is CC[C@H](C)[C@H]1NC(=O)[C@@H](NC(=O)c2c3nc4c(C(=O)N[C@@H]5C(=O)N[C@H](C(C)C)C(=O)N6CCC[C@H]6C(=O)N(C)CC(=O)N(C)[C@@H](C(C)C)C(=O)O[C@@H]5C)ccc(C)c4oc-3c(C)c(=O)c2N)[C@@H](C)OC(=O)[C@H](C(C)C)N(C)C(=O)CN(C)C(=O)[C@@H]2C[C@@H](O)CN2C1=O. The molecule has 4 fully saturated rings. The first-order valence-electron chi connectivity index (χ1n) is 31.1. The van der Waals surface area contributed by atoms with Crippen molar-refractivity contribution in [2.75, 3.05) is 60.1 Å². The number of ether oxygens (including phenoxy) is 2. The molecule has 7 rings (SSSR count). The first-order valence-corrected chi connectivity index (χ1v) is 31.1. The molecule has 10 amide bonds. The van der Waals surface area contributed by atoms with E-state index in [0.29, 0.717) is 12.0 Å². The molecule has 6 aliphatic rings. The third-order valence-corrected chi connectivity index (χ3v) is 18.1. The molecule has 0 aromatic heterocycles. The van der Waals surface area contributed by atoms with E-state index in [1.807, 2.05) is 0 Å². The molecule has 5 aliphatic heterocycles. The van der Waals surface area contributed by atoms with E-state index in [2.05, 4.69) is 21.3 Å². The molecular weight excluding hydrogens is 1200 g/mol. The van der Waals surface area contributed by atoms with E-state index in [0.717, 1.165) is 19.6 Å². The number of carbonyl (C=O) groups is 12. The smallest absolute Gasteiger partial charge is 0.329 e. The van der Waals surface area contributed by atoms with E-state index in [9.17, 15) is 53.1 Å². The highest BCUT2D eigenvalue weighted by Crippen LogP contribution is 2.35. The number of anilines is 1. The first kappa shape index (κ1) is 70.7. The van der Waals surface area contributed by atoms with Crippen LogP contribution in [0.1, 0.15) is 127 Å². The number of carbonyl (C=O) groups excluding carboxylic acids is 12. The van der Waals surface area contributed by atoms with E-state index in [1.165, 1.54) is 70.9 Å². The van der Waals surface area contributed by atoms with Gasteiger partial charge in [0.15, 0.2) is 11.3 Å². The number of nitrogen functional groups attached to an aromatic ring is 1. The Balaban J connectivity index is 1.33. The summed E-state index contributed by atoms with van der Waals surface area (Å²) in [4.78, 5) is 200. The standard InChI is InChI=1S/C63H88N12O17/c1-17-30(8)44-61(87)75-24-35(76)23-38(75)59(85)71(14)26-40(78)73(16)50(29(6)7)63(89)91-34(12)46(57(83)67-44)69-55(81)41-42(64)51(79)32(10)53-48(41)65-47-36(21-20-31(9)52(47)92-53)54(80)68-45-33(11)90-62(88)49(28(4)5)72(15)39(77)25-70(13)58(84)37-19-18-22-74(37)60(86)43(27(2)3)66-56(45)82/h20-21,27-30,33-35,37-38,43-46,49-50,76H,17-19,22-26,64H2,1-16H3,(H,66,82)(H,67,83)(H,68,80)(H,69,81)/t30-,33+,34+,35+,37-,38-,43+,44+,45-,46-,49-,50-/m0/s1. The molecule has 502 valence electrons. The van der Waals surface area contributed by atoms with Crippen LogP contribution < -0.4 is 32.4 Å². The van der Waals surface area contributed by atoms with Gasteiger partial charge in [0.25, 0.3) is 11.8 Å². The van der Waals surface area contributed by atoms with Gasteiger partial charge in [-0.3, -0.25) is 52.7 Å². The second-order valence-electron chi connectivity index (χ2n) is 25.9. The lowest BCUT2D eigenvalue weighted by Crippen LogP contribution is -2.61. The number of amides is 10. The van der Waals surface area contributed by atoms with E-state index in [1.54, 1.807) is 62.3 Å². The van der Waals surface area contributed by atoms with Crippen LogP contribution in [0.25, 0.3) is 22.6 Å². The Morgan fingerprint density at radius 2 is 1.20 bits per heavy atom. The number of aromatic nitrogens is 1. The Morgan fingerprint density at radius 1 is 0.696 bits per heavy atom. The summed E-state index contributed by atoms with van der Waals surface area (Å²) < 4.78 is 18.3. The van der Waals surface area contributed by atoms with Crippen LogP contribution in [-0.4, -0.2) is 232 Å². The molecule has 92 heavy (non-hydrogen) atoms. The summed E-state index contributed by atoms with van der Waals surface area (Å²) in [7, 11) is 5.47. The summed E-state index contributed by atoms with van der Waals surface area (Å²) in [5.41, 5.74) is 3.41. The number of nitrogens with one attached hydrogen (secondary N) is 4. The zero-order valence-corrected chi connectivity index (χ0v) is 55.2. The number of rotatable bonds is 9. The lowest BCUT2D eigenvalue weighted by molar-refractivity contribution is -0.163. The van der Waals surface area contributed by atoms with Crippen LogP contribution in [0.2, 0.25) is 0 Å². The quantitative estimate of drug-likeness (QED) is 0.0939. The van der Waals surface area contributed by atoms with E-state index >= 15 is 14.4 Å². The van der Waals surface area contributed by atoms with Crippen LogP contribution in [0.5, 0.6) is 0 Å². The third kappa shape index (κ3) is 14.2. The van der Waals surface area contributed by atoms with Crippen molar-refractivity contribution in [2.45, 2.75) is 175 Å². The van der Waals surface area contributed by atoms with Gasteiger partial charge in [0.1, 0.15) is 71.8 Å². The average molecular weight is 1290 g/mol. The molecule has 0 bridgehead atoms. The number of benzene rings is 2. The topological polar surface area (TPSA) is 380 Å². The van der Waals surface area contributed by atoms with Crippen molar-refractivity contribution in [1.29, 1.82) is 0 Å². The predicted octanol–water partition coefficient (Wildman–Crippen LogP) is 0.0865. The van der Waals surface area contributed by atoms with Crippen LogP contribution in [0, 0.1) is 37.5 Å². The van der Waals surface area contributed by atoms with Crippen LogP contribution in [-0.2, 0) is 57.4 Å². The molecule has 12 atom stereocenters. The average Bonchev–Trinajstić information content (AvgIpc) is 0.791. The van der Waals surface area contributed by atoms with Gasteiger partial charge in [0.2, 0.25) is 52.7 Å². The highest BCUT2D eigenvalue weighted by atomic mass is 16.6. The fourth-order valence-electron chi connectivity index (χ4n) is 12.5. The zero-order valence-electron chi connectivity index (χ0n) is 55.2. The Morgan fingerprint density at radius 3 is 1.71 bits per heavy atom. The van der Waals surface area contributed by atoms with Crippen molar-refractivity contribution in [3.63, 3.8) is 0 Å². The summed E-state index contributed by atoms with van der Waals surface area (Å²) in [5, 5.41) is 21.5. The minimum absolute atomic E-state index is 0.0912. The van der Waals surface area contributed by atoms with Crippen molar-refractivity contribution in [2.24, 2.45) is 23.7 Å². The second kappa shape index (κ2) is 28.4. The molecule has 7 N–H and O–H groups in total. The summed E-state index contributed by atoms with van der Waals surface area (Å²) in [5.74, 6) is -13.0. The van der Waals surface area contributed by atoms with E-state index < -0.39 is 197 Å². The number of aliphatic hydroxyl groups excluding tert-OH is 1. The molecule has 1 aromatic rings. The highest BCUT2D eigenvalue weighted by Gasteiger charge is 2.48. The normalized spacial score (nSPS) is 27.0. The van der Waals surface area contributed by atoms with Crippen LogP contribution >= 0.6 is 0 Å². The number of nitrogens with two attached hydrogens (primary N) is 1. The molecule has 4 saturated heterocycles. The fraction of sp³-hybridized carbons (Fsp3) is 0.619. The maximum Gasteiger partial charge on any atom is 0.329 e. The second-order valence-corrected chi connectivity index (χ2v) is 25.9. The van der Waals surface area contributed by atoms with Crippen molar-refractivity contribution >= 4 is 87.8 Å². The molecule has 29 nitrogen and oxygen atoms in total. The Bertz CT molecular complexity index is 3480. The molecule has 0 unspecified atom stereocenters. The van der Waals surface area contributed by atoms with E-state index in [4.69, 9.17) is 24.6 Å². The lowest BCUT2D eigenvalue weighted by atomic mass is 9.96. The number of nitrogens with zero attached hydrogens (tertiary/aromatic N) is 7. The molecule has 0 radical (unpaired) electrons. The summed E-state index contributed by atoms with van der Waals surface area (Å²) in [6.45, 7) is 17.8. The Hall–Kier alpha value is -8.76. The first-order chi connectivity index (χ1) is 43.0. The van der Waals surface area contributed by atoms with Gasteiger partial charge in [-0.15, -0.1) is 0 Å². The lowest BCUT2D eigenvalue weighted by Gasteiger charge is -2.36. The number of cyclic esters (lactones) is 2. The molecule has 29 heteroatoms. The molecule has 1 aromatic carbocycles. The van der Waals surface area contributed by atoms with E-state index in [-0.39, 0.29) is 60.3 Å². The third-order valence-electron chi connectivity index (χ3n) is 18.1. The maximum atomic E-state index is 15.2. The molecule has 0 spiro atoms. The van der Waals surface area contributed by atoms with Gasteiger partial charge in [-0.05, 0) is 75.8 Å². The van der Waals surface area contributed by atoms with Gasteiger partial charge < -0.3 is 75.4 Å². The van der Waals surface area contributed by atoms with Crippen molar-refractivity contribution in [1.82, 2.24) is 55.7 Å². The Labute approximate surface area is 533 Å². The summed E-state index contributed by atoms with van der Waals surface area (Å²) in [6, 6.07) is -8.44. The highest BCUT2D eigenvalue weighted by molar-refractivity contribution is 6.10. The van der Waals surface area contributed by atoms with Crippen molar-refractivity contribution < 1.29 is 76.5 Å². The van der Waals surface area contributed by atoms with Crippen LogP contribution in [0.15, 0.2) is 21.3 Å². The maximum absolute atomic E-state index is 15.2. The number of fused-ring (bicyclic) bond motifs is 4. The van der Waals surface area contributed by atoms with Crippen molar-refractivity contribution in [3.8, 4) is 11.5 Å². The van der Waals surface area contributed by atoms with Gasteiger partial charge in [-0.1, -0.05) is 67.9 Å². The number of likely N-dealkylation sites (N-methyl/N-ethyl adjacent to an activating group) is 4.